The molecule has 0 unspecified atom stereocenters. The fourth-order valence-corrected chi connectivity index (χ4v) is 2.92. The Bertz CT molecular complexity index is 886. The van der Waals surface area contributed by atoms with Crippen LogP contribution in [0.1, 0.15) is 30.1 Å². The molecule has 6 heteroatoms. The lowest BCUT2D eigenvalue weighted by Gasteiger charge is -2.12. The van der Waals surface area contributed by atoms with Crippen molar-refractivity contribution in [2.24, 2.45) is 0 Å². The summed E-state index contributed by atoms with van der Waals surface area (Å²) in [7, 11) is 0. The maximum Gasteiger partial charge on any atom is 0.129 e. The lowest BCUT2D eigenvalue weighted by molar-refractivity contribution is 0.624. The van der Waals surface area contributed by atoms with Gasteiger partial charge in [0.2, 0.25) is 0 Å². The molecule has 0 saturated heterocycles. The summed E-state index contributed by atoms with van der Waals surface area (Å²) in [5, 5.41) is 8.40. The van der Waals surface area contributed by atoms with Crippen LogP contribution in [0.15, 0.2) is 36.5 Å². The number of aryl methyl sites for hydroxylation is 1. The molecule has 116 valence electrons. The van der Waals surface area contributed by atoms with Crippen molar-refractivity contribution >= 4 is 11.6 Å². The van der Waals surface area contributed by atoms with Gasteiger partial charge in [0.1, 0.15) is 11.0 Å². The van der Waals surface area contributed by atoms with Crippen molar-refractivity contribution in [1.29, 1.82) is 0 Å². The highest BCUT2D eigenvalue weighted by molar-refractivity contribution is 6.29. The zero-order valence-corrected chi connectivity index (χ0v) is 13.3. The van der Waals surface area contributed by atoms with Crippen molar-refractivity contribution in [2.45, 2.75) is 25.7 Å². The van der Waals surface area contributed by atoms with Crippen LogP contribution in [-0.2, 0) is 0 Å². The van der Waals surface area contributed by atoms with Crippen molar-refractivity contribution in [3.8, 4) is 16.8 Å². The van der Waals surface area contributed by atoms with Gasteiger partial charge >= 0.3 is 0 Å². The fraction of sp³-hybridized carbons (Fsp3) is 0.235. The summed E-state index contributed by atoms with van der Waals surface area (Å²) < 4.78 is 15.4. The highest BCUT2D eigenvalue weighted by atomic mass is 35.5. The lowest BCUT2D eigenvalue weighted by Crippen LogP contribution is -2.03. The van der Waals surface area contributed by atoms with Gasteiger partial charge < -0.3 is 0 Å². The largest absolute Gasteiger partial charge is 0.241 e. The summed E-state index contributed by atoms with van der Waals surface area (Å²) in [5.41, 5.74) is 4.24. The van der Waals surface area contributed by atoms with E-state index in [2.05, 4.69) is 15.3 Å². The molecule has 0 aliphatic heterocycles. The summed E-state index contributed by atoms with van der Waals surface area (Å²) in [4.78, 5) is 4.41. The molecule has 1 aliphatic rings. The summed E-state index contributed by atoms with van der Waals surface area (Å²) in [6.07, 6.45) is 3.93. The normalized spacial score (nSPS) is 14.2. The van der Waals surface area contributed by atoms with Crippen molar-refractivity contribution < 1.29 is 4.39 Å². The second-order valence-corrected chi connectivity index (χ2v) is 6.21. The predicted octanol–water partition coefficient (Wildman–Crippen LogP) is 4.31. The van der Waals surface area contributed by atoms with Crippen LogP contribution >= 0.6 is 11.6 Å². The molecule has 0 spiro atoms. The highest BCUT2D eigenvalue weighted by Crippen LogP contribution is 2.41. The van der Waals surface area contributed by atoms with Gasteiger partial charge in [-0.1, -0.05) is 16.8 Å². The van der Waals surface area contributed by atoms with E-state index in [0.717, 1.165) is 35.4 Å². The Labute approximate surface area is 137 Å². The maximum absolute atomic E-state index is 13.8. The average molecular weight is 329 g/mol. The van der Waals surface area contributed by atoms with E-state index in [1.54, 1.807) is 23.0 Å². The molecule has 1 aliphatic carbocycles. The van der Waals surface area contributed by atoms with Crippen molar-refractivity contribution in [3.05, 3.63) is 58.9 Å². The number of benzene rings is 1. The molecule has 0 amide bonds. The van der Waals surface area contributed by atoms with Gasteiger partial charge in [-0.15, -0.1) is 5.10 Å². The molecule has 0 bridgehead atoms. The van der Waals surface area contributed by atoms with Crippen LogP contribution in [-0.4, -0.2) is 20.0 Å². The Balaban J connectivity index is 1.91. The van der Waals surface area contributed by atoms with Gasteiger partial charge in [0.05, 0.1) is 17.6 Å². The van der Waals surface area contributed by atoms with Gasteiger partial charge in [-0.05, 0) is 49.6 Å². The van der Waals surface area contributed by atoms with Crippen molar-refractivity contribution in [3.63, 3.8) is 0 Å². The Hall–Kier alpha value is -2.27. The molecule has 3 aromatic rings. The van der Waals surface area contributed by atoms with E-state index in [-0.39, 0.29) is 5.82 Å². The molecular formula is C17H14ClFN4. The second-order valence-electron chi connectivity index (χ2n) is 5.83. The molecule has 0 radical (unpaired) electrons. The average Bonchev–Trinajstić information content (AvgIpc) is 3.28. The minimum Gasteiger partial charge on any atom is -0.241 e. The molecule has 0 N–H and O–H groups in total. The third-order valence-electron chi connectivity index (χ3n) is 4.03. The third kappa shape index (κ3) is 2.72. The van der Waals surface area contributed by atoms with E-state index in [4.69, 9.17) is 11.6 Å². The molecule has 2 aromatic heterocycles. The first kappa shape index (κ1) is 14.3. The van der Waals surface area contributed by atoms with E-state index >= 15 is 0 Å². The molecule has 1 fully saturated rings. The van der Waals surface area contributed by atoms with Crippen LogP contribution in [0.3, 0.4) is 0 Å². The molecule has 1 aromatic carbocycles. The van der Waals surface area contributed by atoms with Gasteiger partial charge in [0, 0.05) is 23.2 Å². The SMILES string of the molecule is Cc1cnnn1-c1cc(F)ccc1-c1cc(Cl)nc(C2CC2)c1. The van der Waals surface area contributed by atoms with Crippen LogP contribution < -0.4 is 0 Å². The van der Waals surface area contributed by atoms with Crippen LogP contribution in [0.25, 0.3) is 16.8 Å². The van der Waals surface area contributed by atoms with E-state index in [0.29, 0.717) is 16.8 Å². The van der Waals surface area contributed by atoms with Gasteiger partial charge in [-0.25, -0.2) is 14.1 Å². The highest BCUT2D eigenvalue weighted by Gasteiger charge is 2.26. The van der Waals surface area contributed by atoms with Gasteiger partial charge in [-0.3, -0.25) is 0 Å². The second kappa shape index (κ2) is 5.42. The first-order valence-corrected chi connectivity index (χ1v) is 7.85. The molecular weight excluding hydrogens is 315 g/mol. The quantitative estimate of drug-likeness (QED) is 0.673. The van der Waals surface area contributed by atoms with E-state index < -0.39 is 0 Å². The zero-order valence-electron chi connectivity index (χ0n) is 12.5. The van der Waals surface area contributed by atoms with Crippen LogP contribution in [0.2, 0.25) is 5.15 Å². The lowest BCUT2D eigenvalue weighted by atomic mass is 10.0. The van der Waals surface area contributed by atoms with E-state index in [1.807, 2.05) is 13.0 Å². The van der Waals surface area contributed by atoms with Gasteiger partial charge in [-0.2, -0.15) is 0 Å². The number of halogens is 2. The Morgan fingerprint density at radius 2 is 2.04 bits per heavy atom. The third-order valence-corrected chi connectivity index (χ3v) is 4.22. The number of aromatic nitrogens is 4. The van der Waals surface area contributed by atoms with E-state index in [1.165, 1.54) is 12.1 Å². The minimum atomic E-state index is -0.318. The molecule has 4 rings (SSSR count). The minimum absolute atomic E-state index is 0.318. The molecule has 4 nitrogen and oxygen atoms in total. The predicted molar refractivity (Wildman–Crippen MR) is 86.3 cm³/mol. The Morgan fingerprint density at radius 3 is 2.74 bits per heavy atom. The first-order valence-electron chi connectivity index (χ1n) is 7.47. The van der Waals surface area contributed by atoms with Crippen LogP contribution in [0, 0.1) is 12.7 Å². The molecule has 23 heavy (non-hydrogen) atoms. The fourth-order valence-electron chi connectivity index (χ4n) is 2.71. The zero-order chi connectivity index (χ0) is 16.0. The van der Waals surface area contributed by atoms with Gasteiger partial charge in [0.15, 0.2) is 0 Å². The number of hydrogen-bond donors (Lipinski definition) is 0. The van der Waals surface area contributed by atoms with Crippen molar-refractivity contribution in [1.82, 2.24) is 20.0 Å². The summed E-state index contributed by atoms with van der Waals surface area (Å²) >= 11 is 6.19. The first-order chi connectivity index (χ1) is 11.1. The summed E-state index contributed by atoms with van der Waals surface area (Å²) in [6, 6.07) is 8.48. The number of rotatable bonds is 3. The summed E-state index contributed by atoms with van der Waals surface area (Å²) in [5.74, 6) is 0.172. The van der Waals surface area contributed by atoms with Crippen LogP contribution in [0.5, 0.6) is 0 Å². The molecule has 0 atom stereocenters. The Kier molecular flexibility index (Phi) is 3.38. The number of hydrogen-bond acceptors (Lipinski definition) is 3. The topological polar surface area (TPSA) is 43.6 Å². The van der Waals surface area contributed by atoms with Gasteiger partial charge in [0.25, 0.3) is 0 Å². The van der Waals surface area contributed by atoms with Crippen molar-refractivity contribution in [2.75, 3.05) is 0 Å². The number of pyridine rings is 1. The number of nitrogens with zero attached hydrogens (tertiary/aromatic N) is 4. The van der Waals surface area contributed by atoms with E-state index in [9.17, 15) is 4.39 Å². The van der Waals surface area contributed by atoms with Crippen LogP contribution in [0.4, 0.5) is 4.39 Å². The smallest absolute Gasteiger partial charge is 0.129 e. The molecule has 1 saturated carbocycles. The summed E-state index contributed by atoms with van der Waals surface area (Å²) in [6.45, 7) is 1.88. The standard InChI is InChI=1S/C17H14ClFN4/c1-10-9-20-22-23(10)16-8-13(19)4-5-14(16)12-6-15(11-2-3-11)21-17(18)7-12/h4-9,11H,2-3H2,1H3. The maximum atomic E-state index is 13.8. The Morgan fingerprint density at radius 1 is 1.22 bits per heavy atom. The monoisotopic (exact) mass is 328 g/mol. The molecule has 2 heterocycles.